The standard InChI is InChI=1S/C23H24FN3O2/c1-16(28)18-5-9-21(10-6-18)27-13-11-26(12-14-27)15-22-17(2)29-23(25-22)19-3-7-20(24)8-4-19/h3-10H,11-15H2,1-2H3. The minimum Gasteiger partial charge on any atom is -0.441 e. The van der Waals surface area contributed by atoms with Gasteiger partial charge in [-0.1, -0.05) is 0 Å². The molecule has 2 heterocycles. The molecule has 5 nitrogen and oxygen atoms in total. The van der Waals surface area contributed by atoms with Crippen molar-refractivity contribution >= 4 is 11.5 Å². The summed E-state index contributed by atoms with van der Waals surface area (Å²) in [5, 5.41) is 0. The quantitative estimate of drug-likeness (QED) is 0.605. The molecule has 3 aromatic rings. The molecule has 0 N–H and O–H groups in total. The van der Waals surface area contributed by atoms with E-state index in [-0.39, 0.29) is 11.6 Å². The first kappa shape index (κ1) is 19.3. The summed E-state index contributed by atoms with van der Waals surface area (Å²) in [6.07, 6.45) is 0. The summed E-state index contributed by atoms with van der Waals surface area (Å²) in [4.78, 5) is 20.8. The van der Waals surface area contributed by atoms with Crippen LogP contribution in [0.4, 0.5) is 10.1 Å². The van der Waals surface area contributed by atoms with Crippen molar-refractivity contribution in [2.24, 2.45) is 0 Å². The van der Waals surface area contributed by atoms with Gasteiger partial charge in [-0.2, -0.15) is 0 Å². The van der Waals surface area contributed by atoms with Crippen LogP contribution in [0.2, 0.25) is 0 Å². The number of oxazole rings is 1. The molecule has 0 atom stereocenters. The topological polar surface area (TPSA) is 49.6 Å². The second-order valence-corrected chi connectivity index (χ2v) is 7.40. The number of rotatable bonds is 5. The third-order valence-electron chi connectivity index (χ3n) is 5.37. The number of hydrogen-bond donors (Lipinski definition) is 0. The van der Waals surface area contributed by atoms with Crippen LogP contribution in [-0.4, -0.2) is 41.8 Å². The Morgan fingerprint density at radius 2 is 1.69 bits per heavy atom. The van der Waals surface area contributed by atoms with Crippen molar-refractivity contribution in [2.45, 2.75) is 20.4 Å². The lowest BCUT2D eigenvalue weighted by Gasteiger charge is -2.35. The molecule has 1 aliphatic rings. The van der Waals surface area contributed by atoms with Crippen LogP contribution in [0, 0.1) is 12.7 Å². The SMILES string of the molecule is CC(=O)c1ccc(N2CCN(Cc3nc(-c4ccc(F)cc4)oc3C)CC2)cc1. The molecular weight excluding hydrogens is 369 g/mol. The van der Waals surface area contributed by atoms with E-state index in [2.05, 4.69) is 14.8 Å². The summed E-state index contributed by atoms with van der Waals surface area (Å²) in [7, 11) is 0. The van der Waals surface area contributed by atoms with Gasteiger partial charge >= 0.3 is 0 Å². The number of carbonyl (C=O) groups is 1. The third-order valence-corrected chi connectivity index (χ3v) is 5.37. The van der Waals surface area contributed by atoms with Gasteiger partial charge in [0.2, 0.25) is 5.89 Å². The van der Waals surface area contributed by atoms with Gasteiger partial charge in [0.15, 0.2) is 5.78 Å². The molecule has 150 valence electrons. The summed E-state index contributed by atoms with van der Waals surface area (Å²) >= 11 is 0. The van der Waals surface area contributed by atoms with E-state index in [1.54, 1.807) is 19.1 Å². The van der Waals surface area contributed by atoms with Crippen molar-refractivity contribution in [3.8, 4) is 11.5 Å². The predicted molar refractivity (Wildman–Crippen MR) is 111 cm³/mol. The lowest BCUT2D eigenvalue weighted by atomic mass is 10.1. The van der Waals surface area contributed by atoms with Crippen LogP contribution in [-0.2, 0) is 6.54 Å². The minimum absolute atomic E-state index is 0.0874. The number of aromatic nitrogens is 1. The highest BCUT2D eigenvalue weighted by Gasteiger charge is 2.20. The Hall–Kier alpha value is -2.99. The van der Waals surface area contributed by atoms with Crippen molar-refractivity contribution in [1.82, 2.24) is 9.88 Å². The van der Waals surface area contributed by atoms with E-state index < -0.39 is 0 Å². The van der Waals surface area contributed by atoms with Crippen LogP contribution >= 0.6 is 0 Å². The van der Waals surface area contributed by atoms with E-state index in [0.717, 1.165) is 61.0 Å². The maximum absolute atomic E-state index is 13.1. The van der Waals surface area contributed by atoms with E-state index in [1.807, 2.05) is 31.2 Å². The first-order valence-corrected chi connectivity index (χ1v) is 9.80. The second kappa shape index (κ2) is 8.17. The summed E-state index contributed by atoms with van der Waals surface area (Å²) in [5.41, 5.74) is 3.58. The van der Waals surface area contributed by atoms with Gasteiger partial charge in [-0.3, -0.25) is 9.69 Å². The van der Waals surface area contributed by atoms with Crippen molar-refractivity contribution in [3.05, 3.63) is 71.4 Å². The molecule has 1 fully saturated rings. The summed E-state index contributed by atoms with van der Waals surface area (Å²) < 4.78 is 18.9. The summed E-state index contributed by atoms with van der Waals surface area (Å²) in [6.45, 7) is 7.92. The summed E-state index contributed by atoms with van der Waals surface area (Å²) in [5.74, 6) is 1.14. The fraction of sp³-hybridized carbons (Fsp3) is 0.304. The molecule has 0 spiro atoms. The first-order valence-electron chi connectivity index (χ1n) is 9.80. The van der Waals surface area contributed by atoms with Crippen molar-refractivity contribution < 1.29 is 13.6 Å². The normalized spacial score (nSPS) is 14.9. The number of halogens is 1. The Labute approximate surface area is 169 Å². The Bertz CT molecular complexity index is 988. The van der Waals surface area contributed by atoms with Crippen molar-refractivity contribution in [2.75, 3.05) is 31.1 Å². The molecule has 29 heavy (non-hydrogen) atoms. The van der Waals surface area contributed by atoms with Crippen LogP contribution in [0.25, 0.3) is 11.5 Å². The maximum Gasteiger partial charge on any atom is 0.226 e. The summed E-state index contributed by atoms with van der Waals surface area (Å²) in [6, 6.07) is 14.0. The lowest BCUT2D eigenvalue weighted by Crippen LogP contribution is -2.46. The highest BCUT2D eigenvalue weighted by Crippen LogP contribution is 2.24. The largest absolute Gasteiger partial charge is 0.441 e. The van der Waals surface area contributed by atoms with Gasteiger partial charge in [0, 0.05) is 49.5 Å². The van der Waals surface area contributed by atoms with Gasteiger partial charge in [-0.15, -0.1) is 0 Å². The molecule has 4 rings (SSSR count). The van der Waals surface area contributed by atoms with Gasteiger partial charge in [0.05, 0.1) is 5.69 Å². The fourth-order valence-electron chi connectivity index (χ4n) is 3.57. The molecule has 1 saturated heterocycles. The number of benzene rings is 2. The Morgan fingerprint density at radius 3 is 2.31 bits per heavy atom. The van der Waals surface area contributed by atoms with E-state index in [4.69, 9.17) is 4.42 Å². The Morgan fingerprint density at radius 1 is 1.03 bits per heavy atom. The van der Waals surface area contributed by atoms with Crippen molar-refractivity contribution in [1.29, 1.82) is 0 Å². The molecule has 0 unspecified atom stereocenters. The van der Waals surface area contributed by atoms with Gasteiger partial charge in [-0.25, -0.2) is 9.37 Å². The number of nitrogens with zero attached hydrogens (tertiary/aromatic N) is 3. The molecule has 1 aromatic heterocycles. The molecule has 0 saturated carbocycles. The molecule has 0 amide bonds. The number of aryl methyl sites for hydroxylation is 1. The third kappa shape index (κ3) is 4.38. The van der Waals surface area contributed by atoms with Crippen molar-refractivity contribution in [3.63, 3.8) is 0 Å². The van der Waals surface area contributed by atoms with Crippen LogP contribution in [0.5, 0.6) is 0 Å². The molecule has 6 heteroatoms. The lowest BCUT2D eigenvalue weighted by molar-refractivity contribution is 0.101. The van der Waals surface area contributed by atoms with Crippen LogP contribution < -0.4 is 4.90 Å². The molecule has 0 bridgehead atoms. The predicted octanol–water partition coefficient (Wildman–Crippen LogP) is 4.31. The van der Waals surface area contributed by atoms with E-state index >= 15 is 0 Å². The number of ketones is 1. The zero-order valence-corrected chi connectivity index (χ0v) is 16.7. The van der Waals surface area contributed by atoms with Gasteiger partial charge in [0.25, 0.3) is 0 Å². The van der Waals surface area contributed by atoms with Crippen LogP contribution in [0.15, 0.2) is 52.9 Å². The van der Waals surface area contributed by atoms with E-state index in [0.29, 0.717) is 5.89 Å². The number of anilines is 1. The highest BCUT2D eigenvalue weighted by molar-refractivity contribution is 5.94. The molecular formula is C23H24FN3O2. The average Bonchev–Trinajstić information content (AvgIpc) is 3.09. The van der Waals surface area contributed by atoms with Gasteiger partial charge in [-0.05, 0) is 62.4 Å². The van der Waals surface area contributed by atoms with Crippen LogP contribution in [0.3, 0.4) is 0 Å². The Balaban J connectivity index is 1.37. The Kier molecular flexibility index (Phi) is 5.45. The van der Waals surface area contributed by atoms with E-state index in [9.17, 15) is 9.18 Å². The average molecular weight is 393 g/mol. The molecule has 2 aromatic carbocycles. The maximum atomic E-state index is 13.1. The van der Waals surface area contributed by atoms with Gasteiger partial charge < -0.3 is 9.32 Å². The second-order valence-electron chi connectivity index (χ2n) is 7.40. The molecule has 1 aliphatic heterocycles. The van der Waals surface area contributed by atoms with E-state index in [1.165, 1.54) is 12.1 Å². The monoisotopic (exact) mass is 393 g/mol. The zero-order valence-electron chi connectivity index (χ0n) is 16.7. The smallest absolute Gasteiger partial charge is 0.226 e. The van der Waals surface area contributed by atoms with Gasteiger partial charge in [0.1, 0.15) is 11.6 Å². The molecule has 0 radical (unpaired) electrons. The number of hydrogen-bond acceptors (Lipinski definition) is 5. The highest BCUT2D eigenvalue weighted by atomic mass is 19.1. The zero-order chi connectivity index (χ0) is 20.4. The van der Waals surface area contributed by atoms with Crippen LogP contribution in [0.1, 0.15) is 28.7 Å². The number of piperazine rings is 1. The first-order chi connectivity index (χ1) is 14.0. The minimum atomic E-state index is -0.272. The number of carbonyl (C=O) groups excluding carboxylic acids is 1. The fourth-order valence-corrected chi connectivity index (χ4v) is 3.57. The molecule has 0 aliphatic carbocycles. The number of Topliss-reactive ketones (excluding diaryl/α,β-unsaturated/α-hetero) is 1.